The number of anilines is 3. The third-order valence-corrected chi connectivity index (χ3v) is 4.99. The van der Waals surface area contributed by atoms with Gasteiger partial charge in [-0.15, -0.1) is 10.2 Å². The van der Waals surface area contributed by atoms with E-state index in [2.05, 4.69) is 47.0 Å². The lowest BCUT2D eigenvalue weighted by Gasteiger charge is -2.35. The molecule has 2 aromatic heterocycles. The van der Waals surface area contributed by atoms with E-state index in [1.165, 1.54) is 19.3 Å². The van der Waals surface area contributed by atoms with E-state index in [1.54, 1.807) is 0 Å². The molecule has 0 amide bonds. The summed E-state index contributed by atoms with van der Waals surface area (Å²) in [6.45, 7) is 7.83. The molecule has 0 spiro atoms. The van der Waals surface area contributed by atoms with Crippen LogP contribution in [0.15, 0.2) is 24.4 Å². The SMILES string of the molecule is Cc1ccnc(N2CCN(c3ccc(N4CCCCC4)nn3)CC2)n1. The molecule has 2 aromatic rings. The van der Waals surface area contributed by atoms with Gasteiger partial charge in [0.05, 0.1) is 0 Å². The highest BCUT2D eigenvalue weighted by atomic mass is 15.4. The van der Waals surface area contributed by atoms with Gasteiger partial charge in [0, 0.05) is 51.2 Å². The van der Waals surface area contributed by atoms with Gasteiger partial charge in [-0.2, -0.15) is 0 Å². The molecule has 132 valence electrons. The monoisotopic (exact) mass is 339 g/mol. The minimum absolute atomic E-state index is 0.825. The molecule has 7 heteroatoms. The summed E-state index contributed by atoms with van der Waals surface area (Å²) in [5, 5.41) is 8.94. The van der Waals surface area contributed by atoms with Gasteiger partial charge in [0.1, 0.15) is 0 Å². The van der Waals surface area contributed by atoms with Crippen molar-refractivity contribution in [2.24, 2.45) is 0 Å². The molecule has 2 aliphatic heterocycles. The van der Waals surface area contributed by atoms with Gasteiger partial charge in [0.25, 0.3) is 0 Å². The Morgan fingerprint density at radius 1 is 0.720 bits per heavy atom. The van der Waals surface area contributed by atoms with Crippen LogP contribution in [0.4, 0.5) is 17.6 Å². The molecule has 2 aliphatic rings. The van der Waals surface area contributed by atoms with Crippen LogP contribution in [0.5, 0.6) is 0 Å². The molecule has 4 rings (SSSR count). The van der Waals surface area contributed by atoms with E-state index in [4.69, 9.17) is 0 Å². The lowest BCUT2D eigenvalue weighted by Crippen LogP contribution is -2.47. The quantitative estimate of drug-likeness (QED) is 0.846. The van der Waals surface area contributed by atoms with E-state index >= 15 is 0 Å². The summed E-state index contributed by atoms with van der Waals surface area (Å²) in [5.74, 6) is 2.80. The van der Waals surface area contributed by atoms with E-state index < -0.39 is 0 Å². The highest BCUT2D eigenvalue weighted by Gasteiger charge is 2.21. The average Bonchev–Trinajstić information content (AvgIpc) is 2.69. The van der Waals surface area contributed by atoms with Crippen LogP contribution in [0.25, 0.3) is 0 Å². The molecule has 2 saturated heterocycles. The topological polar surface area (TPSA) is 61.3 Å². The largest absolute Gasteiger partial charge is 0.355 e. The molecule has 0 aromatic carbocycles. The Kier molecular flexibility index (Phi) is 4.63. The maximum Gasteiger partial charge on any atom is 0.225 e. The number of nitrogens with zero attached hydrogens (tertiary/aromatic N) is 7. The van der Waals surface area contributed by atoms with Crippen LogP contribution >= 0.6 is 0 Å². The Balaban J connectivity index is 1.37. The summed E-state index contributed by atoms with van der Waals surface area (Å²) in [5.41, 5.74) is 1.01. The van der Waals surface area contributed by atoms with Crippen molar-refractivity contribution < 1.29 is 0 Å². The molecule has 0 bridgehead atoms. The number of hydrogen-bond donors (Lipinski definition) is 0. The van der Waals surface area contributed by atoms with Gasteiger partial charge in [-0.25, -0.2) is 9.97 Å². The predicted octanol–water partition coefficient (Wildman–Crippen LogP) is 1.89. The first-order valence-electron chi connectivity index (χ1n) is 9.18. The summed E-state index contributed by atoms with van der Waals surface area (Å²) in [7, 11) is 0. The molecule has 2 fully saturated rings. The molecule has 4 heterocycles. The van der Waals surface area contributed by atoms with Crippen molar-refractivity contribution in [3.63, 3.8) is 0 Å². The minimum Gasteiger partial charge on any atom is -0.355 e. The Labute approximate surface area is 148 Å². The lowest BCUT2D eigenvalue weighted by molar-refractivity contribution is 0.570. The number of rotatable bonds is 3. The second kappa shape index (κ2) is 7.21. The summed E-state index contributed by atoms with van der Waals surface area (Å²) < 4.78 is 0. The molecule has 0 aliphatic carbocycles. The molecule has 7 nitrogen and oxygen atoms in total. The minimum atomic E-state index is 0.825. The van der Waals surface area contributed by atoms with Crippen molar-refractivity contribution in [1.29, 1.82) is 0 Å². The van der Waals surface area contributed by atoms with Gasteiger partial charge in [0.15, 0.2) is 11.6 Å². The zero-order valence-electron chi connectivity index (χ0n) is 14.8. The molecule has 25 heavy (non-hydrogen) atoms. The second-order valence-corrected chi connectivity index (χ2v) is 6.77. The highest BCUT2D eigenvalue weighted by Crippen LogP contribution is 2.20. The molecular formula is C18H25N7. The van der Waals surface area contributed by atoms with Crippen LogP contribution in [0.2, 0.25) is 0 Å². The summed E-state index contributed by atoms with van der Waals surface area (Å²) in [6, 6.07) is 6.15. The summed E-state index contributed by atoms with van der Waals surface area (Å²) >= 11 is 0. The number of hydrogen-bond acceptors (Lipinski definition) is 7. The first-order valence-corrected chi connectivity index (χ1v) is 9.18. The number of aromatic nitrogens is 4. The second-order valence-electron chi connectivity index (χ2n) is 6.77. The maximum absolute atomic E-state index is 4.52. The van der Waals surface area contributed by atoms with E-state index in [-0.39, 0.29) is 0 Å². The zero-order valence-corrected chi connectivity index (χ0v) is 14.8. The van der Waals surface area contributed by atoms with Crippen molar-refractivity contribution in [3.8, 4) is 0 Å². The van der Waals surface area contributed by atoms with Gasteiger partial charge in [0.2, 0.25) is 5.95 Å². The number of piperidine rings is 1. The van der Waals surface area contributed by atoms with Crippen LogP contribution in [0, 0.1) is 6.92 Å². The van der Waals surface area contributed by atoms with Crippen LogP contribution in [-0.4, -0.2) is 59.4 Å². The van der Waals surface area contributed by atoms with Crippen LogP contribution in [0.3, 0.4) is 0 Å². The highest BCUT2D eigenvalue weighted by molar-refractivity contribution is 5.47. The third-order valence-electron chi connectivity index (χ3n) is 4.99. The normalized spacial score (nSPS) is 18.5. The van der Waals surface area contributed by atoms with Crippen LogP contribution < -0.4 is 14.7 Å². The van der Waals surface area contributed by atoms with Gasteiger partial charge in [-0.1, -0.05) is 0 Å². The maximum atomic E-state index is 4.52. The first-order chi connectivity index (χ1) is 12.3. The van der Waals surface area contributed by atoms with Gasteiger partial charge in [-0.3, -0.25) is 0 Å². The van der Waals surface area contributed by atoms with Crippen molar-refractivity contribution in [3.05, 3.63) is 30.1 Å². The van der Waals surface area contributed by atoms with Crippen LogP contribution in [0.1, 0.15) is 25.0 Å². The van der Waals surface area contributed by atoms with Crippen LogP contribution in [-0.2, 0) is 0 Å². The molecule has 0 atom stereocenters. The Morgan fingerprint density at radius 2 is 1.32 bits per heavy atom. The van der Waals surface area contributed by atoms with E-state index in [0.717, 1.165) is 62.5 Å². The number of aryl methyl sites for hydroxylation is 1. The van der Waals surface area contributed by atoms with E-state index in [9.17, 15) is 0 Å². The fraction of sp³-hybridized carbons (Fsp3) is 0.556. The van der Waals surface area contributed by atoms with Crippen molar-refractivity contribution in [2.75, 3.05) is 54.0 Å². The predicted molar refractivity (Wildman–Crippen MR) is 99.3 cm³/mol. The average molecular weight is 339 g/mol. The smallest absolute Gasteiger partial charge is 0.225 e. The van der Waals surface area contributed by atoms with Gasteiger partial charge in [-0.05, 0) is 44.4 Å². The van der Waals surface area contributed by atoms with E-state index in [0.29, 0.717) is 0 Å². The van der Waals surface area contributed by atoms with Crippen molar-refractivity contribution in [1.82, 2.24) is 20.2 Å². The summed E-state index contributed by atoms with van der Waals surface area (Å²) in [6.07, 6.45) is 5.67. The first kappa shape index (κ1) is 16.1. The Morgan fingerprint density at radius 3 is 1.92 bits per heavy atom. The van der Waals surface area contributed by atoms with Crippen molar-refractivity contribution >= 4 is 17.6 Å². The molecule has 0 radical (unpaired) electrons. The van der Waals surface area contributed by atoms with Gasteiger partial charge >= 0.3 is 0 Å². The molecule has 0 unspecified atom stereocenters. The molecular weight excluding hydrogens is 314 g/mol. The van der Waals surface area contributed by atoms with E-state index in [1.807, 2.05) is 19.2 Å². The fourth-order valence-electron chi connectivity index (χ4n) is 3.50. The zero-order chi connectivity index (χ0) is 17.1. The third kappa shape index (κ3) is 3.65. The number of piperazine rings is 1. The van der Waals surface area contributed by atoms with Gasteiger partial charge < -0.3 is 14.7 Å². The van der Waals surface area contributed by atoms with Crippen molar-refractivity contribution in [2.45, 2.75) is 26.2 Å². The standard InChI is InChI=1S/C18H25N7/c1-15-7-8-19-18(20-15)25-13-11-24(12-14-25)17-6-5-16(21-22-17)23-9-3-2-4-10-23/h5-8H,2-4,9-14H2,1H3. The molecule has 0 N–H and O–H groups in total. The lowest BCUT2D eigenvalue weighted by atomic mass is 10.1. The molecule has 0 saturated carbocycles. The Bertz CT molecular complexity index is 689. The Hall–Kier alpha value is -2.44. The fourth-order valence-corrected chi connectivity index (χ4v) is 3.50. The summed E-state index contributed by atoms with van der Waals surface area (Å²) in [4.78, 5) is 15.8.